The van der Waals surface area contributed by atoms with Gasteiger partial charge < -0.3 is 17.0 Å². The van der Waals surface area contributed by atoms with Crippen LogP contribution in [0.1, 0.15) is 10.6 Å². The van der Waals surface area contributed by atoms with E-state index in [0.717, 1.165) is 44.2 Å². The van der Waals surface area contributed by atoms with Crippen molar-refractivity contribution in [2.75, 3.05) is 0 Å². The molecule has 0 atom stereocenters. The van der Waals surface area contributed by atoms with Crippen molar-refractivity contribution in [2.45, 2.75) is 13.8 Å². The normalized spacial score (nSPS) is 10.6. The second-order valence-corrected chi connectivity index (χ2v) is 8.31. The largest absolute Gasteiger partial charge is 1.00 e. The number of nitrogens with one attached hydrogen (secondary N) is 1. The summed E-state index contributed by atoms with van der Waals surface area (Å²) in [5.74, 6) is 0. The standard InChI is InChI=1S/C24H19N5S.BrH/c1-16-17(2)30-24(26-16)21-13-20(18-9-5-3-6-10-18)14-22(29-15-25-27-28-29)23(21)19-11-7-4-8-12-19;/h3-15H,1-2H3;1H. The summed E-state index contributed by atoms with van der Waals surface area (Å²) in [6.07, 6.45) is 1.69. The third kappa shape index (κ3) is 4.06. The number of benzene rings is 3. The van der Waals surface area contributed by atoms with Gasteiger partial charge in [-0.1, -0.05) is 65.9 Å². The van der Waals surface area contributed by atoms with Gasteiger partial charge >= 0.3 is 0 Å². The number of aromatic amines is 1. The summed E-state index contributed by atoms with van der Waals surface area (Å²) in [7, 11) is 0. The smallest absolute Gasteiger partial charge is 0.293 e. The van der Waals surface area contributed by atoms with E-state index in [1.807, 2.05) is 16.8 Å². The monoisotopic (exact) mass is 489 g/mol. The van der Waals surface area contributed by atoms with Crippen LogP contribution in [0.15, 0.2) is 79.1 Å². The van der Waals surface area contributed by atoms with Gasteiger partial charge in [-0.25, -0.2) is 4.98 Å². The van der Waals surface area contributed by atoms with Crippen LogP contribution in [0.2, 0.25) is 0 Å². The molecule has 0 amide bonds. The van der Waals surface area contributed by atoms with E-state index in [1.165, 1.54) is 4.88 Å². The van der Waals surface area contributed by atoms with Gasteiger partial charge in [-0.2, -0.15) is 0 Å². The molecule has 0 bridgehead atoms. The highest BCUT2D eigenvalue weighted by Crippen LogP contribution is 2.40. The van der Waals surface area contributed by atoms with Gasteiger partial charge in [0.1, 0.15) is 15.8 Å². The van der Waals surface area contributed by atoms with E-state index in [-0.39, 0.29) is 17.0 Å². The van der Waals surface area contributed by atoms with Crippen molar-refractivity contribution in [3.63, 3.8) is 0 Å². The molecule has 154 valence electrons. The first kappa shape index (κ1) is 21.1. The molecule has 1 N–H and O–H groups in total. The lowest BCUT2D eigenvalue weighted by atomic mass is 9.93. The fourth-order valence-corrected chi connectivity index (χ4v) is 4.51. The fourth-order valence-electron chi connectivity index (χ4n) is 3.57. The van der Waals surface area contributed by atoms with Crippen LogP contribution in [0.5, 0.6) is 0 Å². The fraction of sp³-hybridized carbons (Fsp3) is 0.0833. The van der Waals surface area contributed by atoms with E-state index in [2.05, 4.69) is 90.0 Å². The molecule has 0 aliphatic carbocycles. The van der Waals surface area contributed by atoms with E-state index in [0.29, 0.717) is 0 Å². The summed E-state index contributed by atoms with van der Waals surface area (Å²) in [5, 5.41) is 11.9. The van der Waals surface area contributed by atoms with Gasteiger partial charge in [-0.05, 0) is 42.7 Å². The van der Waals surface area contributed by atoms with Crippen LogP contribution in [0.25, 0.3) is 38.5 Å². The number of tetrazole rings is 1. The van der Waals surface area contributed by atoms with E-state index in [9.17, 15) is 0 Å². The summed E-state index contributed by atoms with van der Waals surface area (Å²) in [6.45, 7) is 4.18. The van der Waals surface area contributed by atoms with Crippen LogP contribution >= 0.6 is 11.3 Å². The van der Waals surface area contributed by atoms with Crippen molar-refractivity contribution < 1.29 is 21.7 Å². The molecular formula is C24H20BrN5S. The Hall–Kier alpha value is -3.16. The van der Waals surface area contributed by atoms with Crippen molar-refractivity contribution in [3.8, 4) is 38.5 Å². The molecule has 0 aliphatic rings. The zero-order valence-corrected chi connectivity index (χ0v) is 19.5. The number of rotatable bonds is 4. The maximum Gasteiger partial charge on any atom is 0.293 e. The third-order valence-corrected chi connectivity index (χ3v) is 6.29. The summed E-state index contributed by atoms with van der Waals surface area (Å²) >= 11 is 1.72. The molecule has 0 radical (unpaired) electrons. The number of H-pyrrole nitrogens is 1. The topological polar surface area (TPSA) is 58.3 Å². The molecule has 31 heavy (non-hydrogen) atoms. The first-order valence-electron chi connectivity index (χ1n) is 9.72. The first-order valence-corrected chi connectivity index (χ1v) is 10.5. The van der Waals surface area contributed by atoms with Crippen molar-refractivity contribution in [1.29, 1.82) is 0 Å². The Morgan fingerprint density at radius 3 is 2.10 bits per heavy atom. The molecule has 2 aromatic heterocycles. The van der Waals surface area contributed by atoms with Crippen molar-refractivity contribution in [2.24, 2.45) is 0 Å². The Bertz CT molecular complexity index is 1280. The molecule has 0 saturated heterocycles. The molecule has 2 heterocycles. The average molecular weight is 490 g/mol. The van der Waals surface area contributed by atoms with Gasteiger partial charge in [-0.15, -0.1) is 16.0 Å². The molecule has 5 nitrogen and oxygen atoms in total. The molecule has 0 saturated carbocycles. The molecule has 3 aromatic carbocycles. The lowest BCUT2D eigenvalue weighted by Crippen LogP contribution is -3.00. The minimum absolute atomic E-state index is 0. The van der Waals surface area contributed by atoms with Gasteiger partial charge in [0.15, 0.2) is 5.21 Å². The Morgan fingerprint density at radius 1 is 0.839 bits per heavy atom. The maximum atomic E-state index is 4.89. The minimum Gasteiger partial charge on any atom is -1.00 e. The van der Waals surface area contributed by atoms with E-state index < -0.39 is 0 Å². The van der Waals surface area contributed by atoms with Gasteiger partial charge in [0.2, 0.25) is 0 Å². The highest BCUT2D eigenvalue weighted by molar-refractivity contribution is 7.15. The van der Waals surface area contributed by atoms with Crippen LogP contribution in [0.3, 0.4) is 0 Å². The van der Waals surface area contributed by atoms with Crippen LogP contribution in [-0.2, 0) is 0 Å². The summed E-state index contributed by atoms with van der Waals surface area (Å²) in [6, 6.07) is 25.2. The molecule has 0 aliphatic heterocycles. The van der Waals surface area contributed by atoms with Crippen LogP contribution < -0.4 is 21.7 Å². The lowest BCUT2D eigenvalue weighted by molar-refractivity contribution is -0.659. The second-order valence-electron chi connectivity index (χ2n) is 7.11. The number of nitrogens with zero attached hydrogens (tertiary/aromatic N) is 4. The number of halogens is 1. The summed E-state index contributed by atoms with van der Waals surface area (Å²) < 4.78 is 1.85. The lowest BCUT2D eigenvalue weighted by Gasteiger charge is -2.15. The van der Waals surface area contributed by atoms with Gasteiger partial charge in [-0.3, -0.25) is 0 Å². The van der Waals surface area contributed by atoms with E-state index in [1.54, 1.807) is 17.7 Å². The molecular weight excluding hydrogens is 470 g/mol. The van der Waals surface area contributed by atoms with Crippen molar-refractivity contribution in [1.82, 2.24) is 20.5 Å². The maximum absolute atomic E-state index is 4.89. The number of hydrogen-bond donors (Lipinski definition) is 1. The molecule has 0 unspecified atom stereocenters. The molecule has 5 aromatic rings. The molecule has 0 fully saturated rings. The van der Waals surface area contributed by atoms with Crippen LogP contribution in [-0.4, -0.2) is 20.5 Å². The summed E-state index contributed by atoms with van der Waals surface area (Å²) in [4.78, 5) is 6.12. The number of aryl methyl sites for hydroxylation is 2. The number of aromatic nitrogens is 5. The summed E-state index contributed by atoms with van der Waals surface area (Å²) in [5.41, 5.74) is 7.63. The van der Waals surface area contributed by atoms with Crippen LogP contribution in [0.4, 0.5) is 0 Å². The predicted molar refractivity (Wildman–Crippen MR) is 119 cm³/mol. The quantitative estimate of drug-likeness (QED) is 0.393. The van der Waals surface area contributed by atoms with E-state index in [4.69, 9.17) is 4.98 Å². The SMILES string of the molecule is Cc1nc(-c2cc(-c3ccccc3)cc(-[n+]3cnn[nH]3)c2-c2ccccc2)sc1C.[Br-]. The average Bonchev–Trinajstić information content (AvgIpc) is 3.44. The van der Waals surface area contributed by atoms with Crippen LogP contribution in [0, 0.1) is 13.8 Å². The minimum atomic E-state index is 0. The Morgan fingerprint density at radius 2 is 1.52 bits per heavy atom. The number of hydrogen-bond acceptors (Lipinski definition) is 4. The van der Waals surface area contributed by atoms with Crippen molar-refractivity contribution >= 4 is 11.3 Å². The van der Waals surface area contributed by atoms with E-state index >= 15 is 0 Å². The zero-order chi connectivity index (χ0) is 20.5. The highest BCUT2D eigenvalue weighted by atomic mass is 79.9. The first-order chi connectivity index (χ1) is 14.7. The Kier molecular flexibility index (Phi) is 6.06. The molecule has 7 heteroatoms. The van der Waals surface area contributed by atoms with Crippen molar-refractivity contribution in [3.05, 3.63) is 89.7 Å². The Labute approximate surface area is 195 Å². The van der Waals surface area contributed by atoms with Gasteiger partial charge in [0, 0.05) is 16.0 Å². The predicted octanol–water partition coefficient (Wildman–Crippen LogP) is 2.16. The molecule has 5 rings (SSSR count). The highest BCUT2D eigenvalue weighted by Gasteiger charge is 2.22. The second kappa shape index (κ2) is 8.91. The Balaban J connectivity index is 0.00000231. The van der Waals surface area contributed by atoms with Gasteiger partial charge in [0.25, 0.3) is 6.33 Å². The van der Waals surface area contributed by atoms with Gasteiger partial charge in [0.05, 0.1) is 5.69 Å². The number of thiazole rings is 1. The molecule has 0 spiro atoms. The zero-order valence-electron chi connectivity index (χ0n) is 17.1. The third-order valence-electron chi connectivity index (χ3n) is 5.18.